The van der Waals surface area contributed by atoms with Crippen LogP contribution in [0.2, 0.25) is 0 Å². The Morgan fingerprint density at radius 2 is 1.74 bits per heavy atom. The first kappa shape index (κ1) is 16.2. The third kappa shape index (κ3) is 5.35. The fourth-order valence-corrected chi connectivity index (χ4v) is 1.60. The molecule has 0 bridgehead atoms. The highest BCUT2D eigenvalue weighted by Gasteiger charge is 2.34. The van der Waals surface area contributed by atoms with Crippen LogP contribution in [-0.2, 0) is 0 Å². The zero-order valence-electron chi connectivity index (χ0n) is 10.9. The van der Waals surface area contributed by atoms with E-state index in [1.54, 1.807) is 14.1 Å². The van der Waals surface area contributed by atoms with Crippen LogP contribution in [0.5, 0.6) is 0 Å². The van der Waals surface area contributed by atoms with Crippen molar-refractivity contribution >= 4 is 46.5 Å². The minimum Gasteiger partial charge on any atom is -0.362 e. The molecular weight excluding hydrogens is 309 g/mol. The number of halogens is 3. The molecule has 1 rings (SSSR count). The fourth-order valence-electron chi connectivity index (χ4n) is 1.27. The van der Waals surface area contributed by atoms with Gasteiger partial charge in [0, 0.05) is 19.8 Å². The van der Waals surface area contributed by atoms with Gasteiger partial charge in [0.05, 0.1) is 0 Å². The second-order valence-corrected chi connectivity index (χ2v) is 6.70. The van der Waals surface area contributed by atoms with Crippen LogP contribution in [0, 0.1) is 6.92 Å². The van der Waals surface area contributed by atoms with E-state index in [-0.39, 0.29) is 6.03 Å². The molecule has 0 fully saturated rings. The van der Waals surface area contributed by atoms with Gasteiger partial charge in [-0.15, -0.1) is 0 Å². The Kier molecular flexibility index (Phi) is 5.59. The summed E-state index contributed by atoms with van der Waals surface area (Å²) in [7, 11) is 3.22. The van der Waals surface area contributed by atoms with Gasteiger partial charge in [0.15, 0.2) is 0 Å². The number of alkyl halides is 3. The number of nitrogens with one attached hydrogen (secondary N) is 2. The van der Waals surface area contributed by atoms with Gasteiger partial charge in [-0.05, 0) is 19.1 Å². The Bertz CT molecular complexity index is 429. The van der Waals surface area contributed by atoms with E-state index in [0.717, 1.165) is 11.3 Å². The van der Waals surface area contributed by atoms with Gasteiger partial charge >= 0.3 is 6.03 Å². The maximum atomic E-state index is 11.6. The summed E-state index contributed by atoms with van der Waals surface area (Å²) in [5.41, 5.74) is 1.87. The number of aryl methyl sites for hydroxylation is 1. The van der Waals surface area contributed by atoms with Crippen molar-refractivity contribution in [3.63, 3.8) is 0 Å². The Morgan fingerprint density at radius 3 is 2.16 bits per heavy atom. The number of rotatable bonds is 3. The van der Waals surface area contributed by atoms with E-state index in [1.165, 1.54) is 4.90 Å². The summed E-state index contributed by atoms with van der Waals surface area (Å²) in [6, 6.07) is 7.19. The fraction of sp³-hybridized carbons (Fsp3) is 0.417. The molecule has 7 heteroatoms. The number of hydrogen-bond acceptors (Lipinski definition) is 2. The lowest BCUT2D eigenvalue weighted by atomic mass is 10.2. The summed E-state index contributed by atoms with van der Waals surface area (Å²) >= 11 is 17.6. The largest absolute Gasteiger partial charge is 0.362 e. The van der Waals surface area contributed by atoms with Gasteiger partial charge in [0.25, 0.3) is 0 Å². The van der Waals surface area contributed by atoms with E-state index in [1.807, 2.05) is 31.2 Å². The molecule has 0 saturated heterocycles. The molecule has 0 saturated carbocycles. The van der Waals surface area contributed by atoms with E-state index in [2.05, 4.69) is 10.6 Å². The maximum absolute atomic E-state index is 11.6. The minimum absolute atomic E-state index is 0.351. The molecule has 0 spiro atoms. The van der Waals surface area contributed by atoms with Crippen LogP contribution >= 0.6 is 34.8 Å². The number of amides is 2. The van der Waals surface area contributed by atoms with Gasteiger partial charge in [-0.3, -0.25) is 0 Å². The molecule has 0 aliphatic rings. The van der Waals surface area contributed by atoms with Crippen molar-refractivity contribution in [3.05, 3.63) is 29.8 Å². The number of carbonyl (C=O) groups is 1. The van der Waals surface area contributed by atoms with E-state index in [0.29, 0.717) is 0 Å². The monoisotopic (exact) mass is 323 g/mol. The van der Waals surface area contributed by atoms with Crippen molar-refractivity contribution in [2.45, 2.75) is 16.9 Å². The normalized spacial score (nSPS) is 12.7. The summed E-state index contributed by atoms with van der Waals surface area (Å²) in [6.45, 7) is 1.98. The lowest BCUT2D eigenvalue weighted by Crippen LogP contribution is -2.52. The topological polar surface area (TPSA) is 44.4 Å². The van der Waals surface area contributed by atoms with Crippen molar-refractivity contribution in [2.75, 3.05) is 19.4 Å². The molecule has 4 nitrogen and oxygen atoms in total. The van der Waals surface area contributed by atoms with E-state index in [4.69, 9.17) is 34.8 Å². The number of carbonyl (C=O) groups excluding carboxylic acids is 1. The molecule has 0 radical (unpaired) electrons. The predicted molar refractivity (Wildman–Crippen MR) is 81.1 cm³/mol. The van der Waals surface area contributed by atoms with Crippen molar-refractivity contribution in [2.24, 2.45) is 0 Å². The van der Waals surface area contributed by atoms with Gasteiger partial charge in [0.1, 0.15) is 6.17 Å². The second-order valence-electron chi connectivity index (χ2n) is 4.33. The first-order valence-electron chi connectivity index (χ1n) is 5.58. The van der Waals surface area contributed by atoms with Crippen LogP contribution in [0.3, 0.4) is 0 Å². The summed E-state index contributed by atoms with van der Waals surface area (Å²) in [6.07, 6.45) is -0.838. The molecule has 106 valence electrons. The van der Waals surface area contributed by atoms with Crippen LogP contribution in [0.25, 0.3) is 0 Å². The van der Waals surface area contributed by atoms with Crippen LogP contribution < -0.4 is 10.6 Å². The molecule has 0 unspecified atom stereocenters. The van der Waals surface area contributed by atoms with E-state index >= 15 is 0 Å². The van der Waals surface area contributed by atoms with Gasteiger partial charge in [-0.25, -0.2) is 4.79 Å². The van der Waals surface area contributed by atoms with Crippen molar-refractivity contribution in [1.82, 2.24) is 10.2 Å². The van der Waals surface area contributed by atoms with Crippen molar-refractivity contribution < 1.29 is 4.79 Å². The van der Waals surface area contributed by atoms with E-state index < -0.39 is 9.96 Å². The predicted octanol–water partition coefficient (Wildman–Crippen LogP) is 3.37. The van der Waals surface area contributed by atoms with Crippen LogP contribution in [0.4, 0.5) is 10.5 Å². The zero-order chi connectivity index (χ0) is 14.6. The summed E-state index contributed by atoms with van der Waals surface area (Å²) in [5.74, 6) is 0. The standard InChI is InChI=1S/C12H16Cl3N3O/c1-8-4-6-9(7-5-8)16-10(12(13,14)15)17-11(19)18(2)3/h4-7,10,16H,1-3H3,(H,17,19)/t10-/m0/s1. The minimum atomic E-state index is -1.67. The molecule has 0 aliphatic heterocycles. The van der Waals surface area contributed by atoms with Crippen LogP contribution in [0.15, 0.2) is 24.3 Å². The van der Waals surface area contributed by atoms with Gasteiger partial charge in [-0.1, -0.05) is 52.5 Å². The molecular formula is C12H16Cl3N3O. The number of benzene rings is 1. The number of urea groups is 1. The first-order valence-corrected chi connectivity index (χ1v) is 6.71. The molecule has 0 aromatic heterocycles. The molecule has 1 aromatic carbocycles. The Labute approximate surface area is 128 Å². The van der Waals surface area contributed by atoms with Crippen LogP contribution in [0.1, 0.15) is 5.56 Å². The van der Waals surface area contributed by atoms with E-state index in [9.17, 15) is 4.79 Å². The third-order valence-corrected chi connectivity index (χ3v) is 3.02. The number of nitrogens with zero attached hydrogens (tertiary/aromatic N) is 1. The first-order chi connectivity index (χ1) is 8.70. The second kappa shape index (κ2) is 6.55. The highest BCUT2D eigenvalue weighted by atomic mass is 35.6. The van der Waals surface area contributed by atoms with Crippen molar-refractivity contribution in [1.29, 1.82) is 0 Å². The quantitative estimate of drug-likeness (QED) is 0.661. The maximum Gasteiger partial charge on any atom is 0.318 e. The third-order valence-electron chi connectivity index (χ3n) is 2.36. The molecule has 0 heterocycles. The lowest BCUT2D eigenvalue weighted by molar-refractivity contribution is 0.214. The Hall–Kier alpha value is -0.840. The summed E-state index contributed by atoms with van der Waals surface area (Å²) in [5, 5.41) is 5.58. The highest BCUT2D eigenvalue weighted by molar-refractivity contribution is 6.68. The van der Waals surface area contributed by atoms with Crippen molar-refractivity contribution in [3.8, 4) is 0 Å². The van der Waals surface area contributed by atoms with Crippen LogP contribution in [-0.4, -0.2) is 35.0 Å². The Morgan fingerprint density at radius 1 is 1.21 bits per heavy atom. The number of anilines is 1. The summed E-state index contributed by atoms with van der Waals surface area (Å²) in [4.78, 5) is 13.0. The SMILES string of the molecule is Cc1ccc(N[C@@H](NC(=O)N(C)C)C(Cl)(Cl)Cl)cc1. The van der Waals surface area contributed by atoms with Gasteiger partial charge in [-0.2, -0.15) is 0 Å². The molecule has 1 atom stereocenters. The van der Waals surface area contributed by atoms with Gasteiger partial charge < -0.3 is 15.5 Å². The van der Waals surface area contributed by atoms with Gasteiger partial charge in [0.2, 0.25) is 3.79 Å². The molecule has 19 heavy (non-hydrogen) atoms. The number of hydrogen-bond donors (Lipinski definition) is 2. The average molecular weight is 325 g/mol. The lowest BCUT2D eigenvalue weighted by Gasteiger charge is -2.28. The average Bonchev–Trinajstić information content (AvgIpc) is 2.29. The highest BCUT2D eigenvalue weighted by Crippen LogP contribution is 2.31. The molecule has 1 aromatic rings. The smallest absolute Gasteiger partial charge is 0.318 e. The molecule has 0 aliphatic carbocycles. The summed E-state index contributed by atoms with van der Waals surface area (Å²) < 4.78 is -1.67. The molecule has 2 amide bonds. The zero-order valence-corrected chi connectivity index (χ0v) is 13.1. The molecule has 2 N–H and O–H groups in total. The Balaban J connectivity index is 2.81.